The third-order valence-electron chi connectivity index (χ3n) is 0. The van der Waals surface area contributed by atoms with Gasteiger partial charge in [0.25, 0.3) is 6.47 Å². The molecule has 0 aromatic heterocycles. The third-order valence-corrected chi connectivity index (χ3v) is 0. The van der Waals surface area contributed by atoms with Gasteiger partial charge in [-0.15, -0.1) is 0 Å². The summed E-state index contributed by atoms with van der Waals surface area (Å²) in [7, 11) is 0. The van der Waals surface area contributed by atoms with Gasteiger partial charge in [-0.25, -0.2) is 0 Å². The lowest BCUT2D eigenvalue weighted by molar-refractivity contribution is -0.122. The van der Waals surface area contributed by atoms with Crippen LogP contribution in [0.1, 0.15) is 0 Å². The first-order valence-corrected chi connectivity index (χ1v) is 2.20. The molecule has 1 unspecified atom stereocenters. The third kappa shape index (κ3) is 328. The van der Waals surface area contributed by atoms with Gasteiger partial charge in [-0.05, 0) is 0 Å². The van der Waals surface area contributed by atoms with Crippen LogP contribution in [0.5, 0.6) is 0 Å². The van der Waals surface area contributed by atoms with E-state index in [-0.39, 0.29) is 6.47 Å². The maximum absolute atomic E-state index is 8.78. The maximum Gasteiger partial charge on any atom is 0.290 e. The molecule has 1 atom stereocenters. The topological polar surface area (TPSA) is 103 Å². The van der Waals surface area contributed by atoms with Crippen LogP contribution in [0.25, 0.3) is 0 Å². The van der Waals surface area contributed by atoms with Gasteiger partial charge in [0, 0.05) is 11.3 Å². The Hall–Kier alpha value is -0.460. The van der Waals surface area contributed by atoms with Crippen molar-refractivity contribution in [3.05, 3.63) is 0 Å². The monoisotopic (exact) mass is 126 g/mol. The SMILES string of the molecule is NS(=O)[O-].O=CO. The molecule has 5 nitrogen and oxygen atoms in total. The average Bonchev–Trinajstić information content (AvgIpc) is 1.33. The molecule has 0 fully saturated rings. The molecular formula is CH4NO4S-. The molecule has 0 aliphatic carbocycles. The van der Waals surface area contributed by atoms with E-state index in [9.17, 15) is 0 Å². The van der Waals surface area contributed by atoms with E-state index >= 15 is 0 Å². The molecule has 3 N–H and O–H groups in total. The number of carbonyl (C=O) groups is 1. The van der Waals surface area contributed by atoms with Gasteiger partial charge in [-0.3, -0.25) is 14.1 Å². The molecule has 0 radical (unpaired) electrons. The van der Waals surface area contributed by atoms with Crippen molar-refractivity contribution in [2.45, 2.75) is 0 Å². The van der Waals surface area contributed by atoms with Gasteiger partial charge in [0.1, 0.15) is 0 Å². The highest BCUT2D eigenvalue weighted by Gasteiger charge is 1.39. The Labute approximate surface area is 42.6 Å². The first-order valence-electron chi connectivity index (χ1n) is 1.06. The van der Waals surface area contributed by atoms with E-state index in [0.29, 0.717) is 0 Å². The lowest BCUT2D eigenvalue weighted by Crippen LogP contribution is -1.97. The minimum Gasteiger partial charge on any atom is -0.760 e. The summed E-state index contributed by atoms with van der Waals surface area (Å²) in [5, 5.41) is 10.9. The van der Waals surface area contributed by atoms with E-state index in [1.807, 2.05) is 0 Å². The Balaban J connectivity index is 0. The Kier molecular flexibility index (Phi) is 12.7. The van der Waals surface area contributed by atoms with Crippen LogP contribution in [-0.4, -0.2) is 20.3 Å². The first-order chi connectivity index (χ1) is 3.15. The molecular weight excluding hydrogens is 122 g/mol. The molecule has 44 valence electrons. The average molecular weight is 126 g/mol. The summed E-state index contributed by atoms with van der Waals surface area (Å²) in [5.74, 6) is 0. The summed E-state index contributed by atoms with van der Waals surface area (Å²) in [6.07, 6.45) is 0. The van der Waals surface area contributed by atoms with Crippen molar-refractivity contribution >= 4 is 17.7 Å². The smallest absolute Gasteiger partial charge is 0.290 e. The van der Waals surface area contributed by atoms with E-state index in [1.165, 1.54) is 0 Å². The fourth-order valence-electron chi connectivity index (χ4n) is 0. The lowest BCUT2D eigenvalue weighted by atomic mass is 11.7. The second kappa shape index (κ2) is 9.11. The summed E-state index contributed by atoms with van der Waals surface area (Å²) in [6.45, 7) is -0.250. The van der Waals surface area contributed by atoms with E-state index in [1.54, 1.807) is 0 Å². The fourth-order valence-corrected chi connectivity index (χ4v) is 0. The second-order valence-electron chi connectivity index (χ2n) is 0.366. The normalized spacial score (nSPS) is 10.6. The van der Waals surface area contributed by atoms with Crippen molar-refractivity contribution in [1.82, 2.24) is 0 Å². The number of hydrogen-bond donors (Lipinski definition) is 2. The van der Waals surface area contributed by atoms with Gasteiger partial charge in [0.2, 0.25) is 0 Å². The Bertz CT molecular complexity index is 58.7. The zero-order chi connectivity index (χ0) is 6.28. The Morgan fingerprint density at radius 1 is 1.86 bits per heavy atom. The van der Waals surface area contributed by atoms with Crippen molar-refractivity contribution in [1.29, 1.82) is 0 Å². The molecule has 7 heavy (non-hydrogen) atoms. The van der Waals surface area contributed by atoms with Gasteiger partial charge in [-0.2, -0.15) is 0 Å². The van der Waals surface area contributed by atoms with Gasteiger partial charge in [0.15, 0.2) is 0 Å². The number of hydrogen-bond acceptors (Lipinski definition) is 3. The largest absolute Gasteiger partial charge is 0.760 e. The van der Waals surface area contributed by atoms with Crippen molar-refractivity contribution in [2.75, 3.05) is 0 Å². The van der Waals surface area contributed by atoms with Gasteiger partial charge >= 0.3 is 0 Å². The van der Waals surface area contributed by atoms with Crippen molar-refractivity contribution in [2.24, 2.45) is 5.14 Å². The standard InChI is InChI=1S/CH2O2.H3NO2S/c2-1-3;1-4(2)3/h1H,(H,2,3);1H2,(H,2,3)/p-1. The number of rotatable bonds is 0. The highest BCUT2D eigenvalue weighted by Crippen LogP contribution is 1.33. The zero-order valence-electron chi connectivity index (χ0n) is 3.23. The number of nitrogens with two attached hydrogens (primary N) is 1. The summed E-state index contributed by atoms with van der Waals surface area (Å²) >= 11 is -2.36. The quantitative estimate of drug-likeness (QED) is 0.302. The molecule has 0 aromatic carbocycles. The molecule has 0 aliphatic heterocycles. The maximum atomic E-state index is 8.78. The Morgan fingerprint density at radius 2 is 1.86 bits per heavy atom. The number of carboxylic acid groups (broad SMARTS) is 1. The van der Waals surface area contributed by atoms with Crippen LogP contribution < -0.4 is 5.14 Å². The van der Waals surface area contributed by atoms with Crippen LogP contribution in [0, 0.1) is 0 Å². The van der Waals surface area contributed by atoms with Crippen LogP contribution in [-0.2, 0) is 16.1 Å². The van der Waals surface area contributed by atoms with Gasteiger partial charge < -0.3 is 9.66 Å². The van der Waals surface area contributed by atoms with Crippen LogP contribution in [0.2, 0.25) is 0 Å². The minimum atomic E-state index is -2.36. The lowest BCUT2D eigenvalue weighted by Gasteiger charge is -1.85. The molecule has 0 heterocycles. The van der Waals surface area contributed by atoms with E-state index in [0.717, 1.165) is 0 Å². The van der Waals surface area contributed by atoms with Crippen LogP contribution in [0.15, 0.2) is 0 Å². The van der Waals surface area contributed by atoms with Crippen molar-refractivity contribution in [3.8, 4) is 0 Å². The summed E-state index contributed by atoms with van der Waals surface area (Å²) in [4.78, 5) is 8.36. The molecule has 0 saturated carbocycles. The summed E-state index contributed by atoms with van der Waals surface area (Å²) in [5.41, 5.74) is 0. The fraction of sp³-hybridized carbons (Fsp3) is 0. The predicted octanol–water partition coefficient (Wildman–Crippen LogP) is -1.56. The summed E-state index contributed by atoms with van der Waals surface area (Å²) in [6, 6.07) is 0. The van der Waals surface area contributed by atoms with Crippen molar-refractivity contribution in [3.63, 3.8) is 0 Å². The van der Waals surface area contributed by atoms with E-state index in [4.69, 9.17) is 18.7 Å². The van der Waals surface area contributed by atoms with E-state index in [2.05, 4.69) is 5.14 Å². The molecule has 0 aliphatic rings. The predicted molar refractivity (Wildman–Crippen MR) is 21.8 cm³/mol. The second-order valence-corrected chi connectivity index (χ2v) is 0.887. The molecule has 0 spiro atoms. The molecule has 6 heteroatoms. The van der Waals surface area contributed by atoms with Gasteiger partial charge in [0.05, 0.1) is 0 Å². The van der Waals surface area contributed by atoms with Crippen LogP contribution in [0.3, 0.4) is 0 Å². The molecule has 0 rings (SSSR count). The van der Waals surface area contributed by atoms with Crippen molar-refractivity contribution < 1.29 is 18.7 Å². The molecule has 0 bridgehead atoms. The highest BCUT2D eigenvalue weighted by molar-refractivity contribution is 7.76. The molecule has 0 aromatic rings. The Morgan fingerprint density at radius 3 is 1.86 bits per heavy atom. The highest BCUT2D eigenvalue weighted by atomic mass is 32.2. The van der Waals surface area contributed by atoms with Crippen LogP contribution in [0.4, 0.5) is 0 Å². The van der Waals surface area contributed by atoms with E-state index < -0.39 is 11.3 Å². The molecule has 0 amide bonds. The zero-order valence-corrected chi connectivity index (χ0v) is 4.05. The molecule has 0 saturated heterocycles. The first kappa shape index (κ1) is 9.74. The summed E-state index contributed by atoms with van der Waals surface area (Å²) < 4.78 is 17.6. The van der Waals surface area contributed by atoms with Gasteiger partial charge in [-0.1, -0.05) is 0 Å². The van der Waals surface area contributed by atoms with Crippen LogP contribution >= 0.6 is 0 Å². The minimum absolute atomic E-state index is 0.250.